The molecule has 1 fully saturated rings. The van der Waals surface area contributed by atoms with Crippen molar-refractivity contribution >= 4 is 15.9 Å². The van der Waals surface area contributed by atoms with Gasteiger partial charge >= 0.3 is 0 Å². The highest BCUT2D eigenvalue weighted by atomic mass is 79.9. The summed E-state index contributed by atoms with van der Waals surface area (Å²) in [6.07, 6.45) is 1.17. The third-order valence-corrected chi connectivity index (χ3v) is 7.01. The molecular weight excluding hydrogens is 508 g/mol. The van der Waals surface area contributed by atoms with Crippen LogP contribution >= 0.6 is 15.9 Å². The van der Waals surface area contributed by atoms with E-state index in [4.69, 9.17) is 18.9 Å². The average molecular weight is 541 g/mol. The molecule has 0 radical (unpaired) electrons. The number of methoxy groups -OCH3 is 4. The van der Waals surface area contributed by atoms with Gasteiger partial charge in [-0.1, -0.05) is 24.3 Å². The van der Waals surface area contributed by atoms with Crippen LogP contribution < -0.4 is 18.9 Å². The predicted octanol–water partition coefficient (Wildman–Crippen LogP) is 5.89. The molecule has 7 heteroatoms. The van der Waals surface area contributed by atoms with E-state index in [1.165, 1.54) is 11.1 Å². The van der Waals surface area contributed by atoms with Crippen molar-refractivity contribution < 1.29 is 18.9 Å². The van der Waals surface area contributed by atoms with Crippen molar-refractivity contribution in [2.24, 2.45) is 0 Å². The minimum absolute atomic E-state index is 0.0732. The average Bonchev–Trinajstić information content (AvgIpc) is 2.89. The summed E-state index contributed by atoms with van der Waals surface area (Å²) >= 11 is 3.70. The molecule has 0 aliphatic carbocycles. The van der Waals surface area contributed by atoms with E-state index >= 15 is 0 Å². The molecule has 0 N–H and O–H groups in total. The first-order chi connectivity index (χ1) is 17.1. The van der Waals surface area contributed by atoms with Gasteiger partial charge in [0.25, 0.3) is 0 Å². The van der Waals surface area contributed by atoms with Crippen LogP contribution in [0.15, 0.2) is 65.1 Å². The van der Waals surface area contributed by atoms with Gasteiger partial charge in [-0.2, -0.15) is 0 Å². The van der Waals surface area contributed by atoms with Crippen molar-refractivity contribution in [3.8, 4) is 23.0 Å². The number of halogens is 1. The first-order valence-electron chi connectivity index (χ1n) is 11.7. The van der Waals surface area contributed by atoms with Gasteiger partial charge in [0.15, 0.2) is 11.5 Å². The molecule has 4 rings (SSSR count). The van der Waals surface area contributed by atoms with Gasteiger partial charge in [0, 0.05) is 26.2 Å². The maximum atomic E-state index is 5.69. The van der Waals surface area contributed by atoms with Gasteiger partial charge in [0.2, 0.25) is 0 Å². The summed E-state index contributed by atoms with van der Waals surface area (Å²) in [4.78, 5) is 5.06. The number of rotatable bonds is 9. The maximum Gasteiger partial charge on any atom is 0.174 e. The molecule has 0 amide bonds. The minimum Gasteiger partial charge on any atom is -0.497 e. The highest BCUT2D eigenvalue weighted by Crippen LogP contribution is 2.41. The van der Waals surface area contributed by atoms with E-state index in [9.17, 15) is 0 Å². The summed E-state index contributed by atoms with van der Waals surface area (Å²) in [5.41, 5.74) is 3.67. The monoisotopic (exact) mass is 540 g/mol. The molecule has 1 heterocycles. The Hall–Kier alpha value is -2.74. The van der Waals surface area contributed by atoms with Crippen molar-refractivity contribution in [3.63, 3.8) is 0 Å². The topological polar surface area (TPSA) is 43.4 Å². The van der Waals surface area contributed by atoms with Crippen LogP contribution in [0.25, 0.3) is 0 Å². The fourth-order valence-corrected chi connectivity index (χ4v) is 5.34. The second kappa shape index (κ2) is 11.8. The summed E-state index contributed by atoms with van der Waals surface area (Å²) in [5, 5.41) is 0. The molecule has 6 nitrogen and oxygen atoms in total. The molecule has 0 spiro atoms. The lowest BCUT2D eigenvalue weighted by Crippen LogP contribution is -2.46. The van der Waals surface area contributed by atoms with E-state index in [1.807, 2.05) is 24.3 Å². The number of hydrogen-bond acceptors (Lipinski definition) is 6. The van der Waals surface area contributed by atoms with Gasteiger partial charge < -0.3 is 18.9 Å². The Bertz CT molecular complexity index is 1050. The molecule has 0 saturated carbocycles. The van der Waals surface area contributed by atoms with Gasteiger partial charge in [0.05, 0.1) is 39.1 Å². The van der Waals surface area contributed by atoms with E-state index in [1.54, 1.807) is 28.4 Å². The predicted molar refractivity (Wildman–Crippen MR) is 141 cm³/mol. The third-order valence-electron chi connectivity index (χ3n) is 6.43. The van der Waals surface area contributed by atoms with Gasteiger partial charge in [-0.05, 0) is 75.4 Å². The van der Waals surface area contributed by atoms with Crippen LogP contribution in [0.5, 0.6) is 23.0 Å². The second-order valence-corrected chi connectivity index (χ2v) is 9.46. The first kappa shape index (κ1) is 25.4. The fraction of sp³-hybridized carbons (Fsp3) is 0.357. The smallest absolute Gasteiger partial charge is 0.174 e. The largest absolute Gasteiger partial charge is 0.497 e. The van der Waals surface area contributed by atoms with E-state index in [2.05, 4.69) is 62.1 Å². The van der Waals surface area contributed by atoms with Crippen LogP contribution in [-0.4, -0.2) is 51.3 Å². The molecule has 0 unspecified atom stereocenters. The normalized spacial score (nSPS) is 15.1. The van der Waals surface area contributed by atoms with E-state index in [0.29, 0.717) is 5.75 Å². The molecule has 1 aliphatic rings. The summed E-state index contributed by atoms with van der Waals surface area (Å²) < 4.78 is 22.8. The SMILES string of the molecule is COc1ccc(CN2CCCN(Cc3ccc(OC)cc3)C2c2cc(Br)c(OC)c(OC)c2)cc1. The summed E-state index contributed by atoms with van der Waals surface area (Å²) in [6.45, 7) is 3.67. The van der Waals surface area contributed by atoms with Gasteiger partial charge in [-0.25, -0.2) is 0 Å². The number of benzene rings is 3. The molecule has 1 aliphatic heterocycles. The number of hydrogen-bond donors (Lipinski definition) is 0. The summed E-state index contributed by atoms with van der Waals surface area (Å²) in [5.74, 6) is 3.16. The maximum absolute atomic E-state index is 5.69. The zero-order valence-corrected chi connectivity index (χ0v) is 22.4. The van der Waals surface area contributed by atoms with Crippen LogP contribution in [0.4, 0.5) is 0 Å². The molecule has 186 valence electrons. The van der Waals surface area contributed by atoms with Crippen LogP contribution in [0.3, 0.4) is 0 Å². The summed E-state index contributed by atoms with van der Waals surface area (Å²) in [6, 6.07) is 20.9. The fourth-order valence-electron chi connectivity index (χ4n) is 4.72. The lowest BCUT2D eigenvalue weighted by Gasteiger charge is -2.44. The van der Waals surface area contributed by atoms with Gasteiger partial charge in [-0.15, -0.1) is 0 Å². The van der Waals surface area contributed by atoms with Crippen molar-refractivity contribution in [1.82, 2.24) is 9.80 Å². The minimum atomic E-state index is 0.0732. The quantitative estimate of drug-likeness (QED) is 0.337. The van der Waals surface area contributed by atoms with Crippen LogP contribution in [-0.2, 0) is 13.1 Å². The Kier molecular flexibility index (Phi) is 8.55. The van der Waals surface area contributed by atoms with E-state index in [-0.39, 0.29) is 6.17 Å². The molecule has 1 saturated heterocycles. The zero-order chi connectivity index (χ0) is 24.8. The van der Waals surface area contributed by atoms with Crippen molar-refractivity contribution in [1.29, 1.82) is 0 Å². The molecule has 0 atom stereocenters. The van der Waals surface area contributed by atoms with E-state index < -0.39 is 0 Å². The van der Waals surface area contributed by atoms with Crippen molar-refractivity contribution in [2.45, 2.75) is 25.7 Å². The van der Waals surface area contributed by atoms with Crippen LogP contribution in [0, 0.1) is 0 Å². The standard InChI is InChI=1S/C28H33BrN2O4/c1-32-23-10-6-20(7-11-23)18-30-14-5-15-31(19-21-8-12-24(33-2)13-9-21)28(30)22-16-25(29)27(35-4)26(17-22)34-3/h6-13,16-17,28H,5,14-15,18-19H2,1-4H3. The Labute approximate surface area is 216 Å². The highest BCUT2D eigenvalue weighted by Gasteiger charge is 2.32. The molecular formula is C28H33BrN2O4. The molecule has 35 heavy (non-hydrogen) atoms. The number of nitrogens with zero attached hydrogens (tertiary/aromatic N) is 2. The Morgan fingerprint density at radius 2 is 1.23 bits per heavy atom. The Morgan fingerprint density at radius 1 is 0.714 bits per heavy atom. The van der Waals surface area contributed by atoms with Crippen LogP contribution in [0.1, 0.15) is 29.3 Å². The van der Waals surface area contributed by atoms with Crippen molar-refractivity contribution in [3.05, 3.63) is 81.8 Å². The molecule has 3 aromatic rings. The lowest BCUT2D eigenvalue weighted by molar-refractivity contribution is -0.00926. The molecule has 0 aromatic heterocycles. The Balaban J connectivity index is 1.69. The molecule has 0 bridgehead atoms. The lowest BCUT2D eigenvalue weighted by atomic mass is 10.0. The van der Waals surface area contributed by atoms with Crippen molar-refractivity contribution in [2.75, 3.05) is 41.5 Å². The van der Waals surface area contributed by atoms with E-state index in [0.717, 1.165) is 59.9 Å². The van der Waals surface area contributed by atoms with Gasteiger partial charge in [0.1, 0.15) is 11.5 Å². The first-order valence-corrected chi connectivity index (χ1v) is 12.5. The summed E-state index contributed by atoms with van der Waals surface area (Å²) in [7, 11) is 6.73. The van der Waals surface area contributed by atoms with Gasteiger partial charge in [-0.3, -0.25) is 9.80 Å². The number of ether oxygens (including phenoxy) is 4. The zero-order valence-electron chi connectivity index (χ0n) is 20.8. The molecule has 3 aromatic carbocycles. The third kappa shape index (κ3) is 5.92. The van der Waals surface area contributed by atoms with Crippen LogP contribution in [0.2, 0.25) is 0 Å². The highest BCUT2D eigenvalue weighted by molar-refractivity contribution is 9.10. The Morgan fingerprint density at radius 3 is 1.66 bits per heavy atom. The second-order valence-electron chi connectivity index (χ2n) is 8.60.